The molecule has 0 radical (unpaired) electrons. The van der Waals surface area contributed by atoms with E-state index in [1.807, 2.05) is 0 Å². The molecule has 1 aliphatic rings. The van der Waals surface area contributed by atoms with Crippen LogP contribution in [0.25, 0.3) is 0 Å². The van der Waals surface area contributed by atoms with Gasteiger partial charge in [-0.1, -0.05) is 12.1 Å². The van der Waals surface area contributed by atoms with Crippen molar-refractivity contribution in [3.05, 3.63) is 65.0 Å². The summed E-state index contributed by atoms with van der Waals surface area (Å²) in [5, 5.41) is 9.92. The molecule has 3 rings (SSSR count). The Morgan fingerprint density at radius 1 is 1.33 bits per heavy atom. The molecular formula is C18H16F3NO2. The second-order valence-electron chi connectivity index (χ2n) is 5.95. The summed E-state index contributed by atoms with van der Waals surface area (Å²) in [6.45, 7) is 0. The number of aryl methyl sites for hydroxylation is 1. The molecular weight excluding hydrogens is 319 g/mol. The smallest absolute Gasteiger partial charge is 0.195 e. The molecule has 1 heterocycles. The van der Waals surface area contributed by atoms with E-state index in [4.69, 9.17) is 0 Å². The van der Waals surface area contributed by atoms with Gasteiger partial charge in [-0.15, -0.1) is 0 Å². The molecule has 1 aromatic carbocycles. The summed E-state index contributed by atoms with van der Waals surface area (Å²) in [5.41, 5.74) is -1.82. The Kier molecular flexibility index (Phi) is 4.41. The monoisotopic (exact) mass is 335 g/mol. The van der Waals surface area contributed by atoms with Crippen LogP contribution in [0.15, 0.2) is 36.5 Å². The van der Waals surface area contributed by atoms with Gasteiger partial charge in [-0.05, 0) is 37.0 Å². The molecule has 0 saturated carbocycles. The number of aliphatic hydroxyl groups excluding tert-OH is 1. The number of aliphatic hydroxyl groups is 1. The fourth-order valence-electron chi connectivity index (χ4n) is 3.09. The highest BCUT2D eigenvalue weighted by molar-refractivity contribution is 5.89. The zero-order valence-corrected chi connectivity index (χ0v) is 12.8. The summed E-state index contributed by atoms with van der Waals surface area (Å²) >= 11 is 0. The average molecular weight is 335 g/mol. The van der Waals surface area contributed by atoms with Gasteiger partial charge in [-0.25, -0.2) is 13.2 Å². The van der Waals surface area contributed by atoms with E-state index in [1.165, 1.54) is 24.4 Å². The third kappa shape index (κ3) is 2.94. The van der Waals surface area contributed by atoms with E-state index < -0.39 is 29.2 Å². The van der Waals surface area contributed by atoms with E-state index >= 15 is 4.39 Å². The van der Waals surface area contributed by atoms with Gasteiger partial charge < -0.3 is 5.11 Å². The molecule has 24 heavy (non-hydrogen) atoms. The van der Waals surface area contributed by atoms with E-state index in [2.05, 4.69) is 4.98 Å². The van der Waals surface area contributed by atoms with Crippen LogP contribution in [-0.2, 0) is 16.9 Å². The van der Waals surface area contributed by atoms with E-state index in [9.17, 15) is 18.7 Å². The van der Waals surface area contributed by atoms with E-state index in [1.54, 1.807) is 0 Å². The predicted octanol–water partition coefficient (Wildman–Crippen LogP) is 3.55. The van der Waals surface area contributed by atoms with Gasteiger partial charge in [0.05, 0.1) is 11.8 Å². The maximum absolute atomic E-state index is 15.3. The first-order chi connectivity index (χ1) is 11.4. The zero-order chi connectivity index (χ0) is 17.3. The van der Waals surface area contributed by atoms with Crippen LogP contribution in [0.3, 0.4) is 0 Å². The summed E-state index contributed by atoms with van der Waals surface area (Å²) in [6.07, 6.45) is 0.256. The number of pyridine rings is 1. The first-order valence-corrected chi connectivity index (χ1v) is 7.71. The van der Waals surface area contributed by atoms with Crippen molar-refractivity contribution in [1.29, 1.82) is 0 Å². The number of nitrogens with zero attached hydrogens (tertiary/aromatic N) is 1. The van der Waals surface area contributed by atoms with Crippen molar-refractivity contribution < 1.29 is 23.1 Å². The lowest BCUT2D eigenvalue weighted by Gasteiger charge is -2.32. The molecule has 0 aliphatic heterocycles. The largest absolute Gasteiger partial charge is 0.387 e. The van der Waals surface area contributed by atoms with Crippen LogP contribution >= 0.6 is 0 Å². The molecule has 0 fully saturated rings. The van der Waals surface area contributed by atoms with Gasteiger partial charge >= 0.3 is 0 Å². The van der Waals surface area contributed by atoms with Crippen LogP contribution in [0.1, 0.15) is 42.2 Å². The van der Waals surface area contributed by atoms with Crippen molar-refractivity contribution in [3.8, 4) is 0 Å². The predicted molar refractivity (Wildman–Crippen MR) is 80.9 cm³/mol. The van der Waals surface area contributed by atoms with Gasteiger partial charge in [0, 0.05) is 24.2 Å². The normalized spacial score (nSPS) is 22.9. The van der Waals surface area contributed by atoms with Gasteiger partial charge in [0.2, 0.25) is 0 Å². The summed E-state index contributed by atoms with van der Waals surface area (Å²) in [7, 11) is 0. The fourth-order valence-corrected chi connectivity index (χ4v) is 3.09. The Morgan fingerprint density at radius 3 is 2.88 bits per heavy atom. The van der Waals surface area contributed by atoms with Crippen molar-refractivity contribution in [2.24, 2.45) is 0 Å². The van der Waals surface area contributed by atoms with Crippen molar-refractivity contribution in [1.82, 2.24) is 4.98 Å². The van der Waals surface area contributed by atoms with E-state index in [-0.39, 0.29) is 42.5 Å². The number of ketones is 1. The van der Waals surface area contributed by atoms with Crippen molar-refractivity contribution in [2.45, 2.75) is 37.5 Å². The lowest BCUT2D eigenvalue weighted by molar-refractivity contribution is -0.133. The zero-order valence-electron chi connectivity index (χ0n) is 12.8. The van der Waals surface area contributed by atoms with Crippen LogP contribution in [0.5, 0.6) is 0 Å². The van der Waals surface area contributed by atoms with Gasteiger partial charge in [0.1, 0.15) is 11.6 Å². The minimum atomic E-state index is -2.24. The number of Topliss-reactive ketones (excluding diaryl/α,β-unsaturated/α-hetero) is 1. The summed E-state index contributed by atoms with van der Waals surface area (Å²) in [6, 6.07) is 6.05. The number of hydrogen-bond donors (Lipinski definition) is 1. The molecule has 1 aliphatic carbocycles. The number of carbonyl (C=O) groups is 1. The summed E-state index contributed by atoms with van der Waals surface area (Å²) < 4.78 is 41.9. The Morgan fingerprint density at radius 2 is 2.12 bits per heavy atom. The van der Waals surface area contributed by atoms with Crippen LogP contribution in [-0.4, -0.2) is 15.9 Å². The third-order valence-corrected chi connectivity index (χ3v) is 4.42. The SMILES string of the molecule is O=C(CCc1ccc(F)cc1F)[C@]1(F)CC[C@H](O)c2ncccc21. The quantitative estimate of drug-likeness (QED) is 0.929. The summed E-state index contributed by atoms with van der Waals surface area (Å²) in [5.74, 6) is -2.14. The van der Waals surface area contributed by atoms with Gasteiger partial charge in [0.15, 0.2) is 11.5 Å². The van der Waals surface area contributed by atoms with E-state index in [0.29, 0.717) is 0 Å². The Balaban J connectivity index is 1.81. The molecule has 1 aromatic heterocycles. The van der Waals surface area contributed by atoms with Crippen molar-refractivity contribution in [2.75, 3.05) is 0 Å². The van der Waals surface area contributed by atoms with E-state index in [0.717, 1.165) is 12.1 Å². The number of fused-ring (bicyclic) bond motifs is 1. The third-order valence-electron chi connectivity index (χ3n) is 4.42. The number of aromatic nitrogens is 1. The lowest BCUT2D eigenvalue weighted by atomic mass is 9.77. The highest BCUT2D eigenvalue weighted by Gasteiger charge is 2.45. The first kappa shape index (κ1) is 16.6. The summed E-state index contributed by atoms with van der Waals surface area (Å²) in [4.78, 5) is 16.4. The highest BCUT2D eigenvalue weighted by Crippen LogP contribution is 2.43. The Labute approximate surface area is 137 Å². The maximum atomic E-state index is 15.3. The second-order valence-corrected chi connectivity index (χ2v) is 5.95. The van der Waals surface area contributed by atoms with Gasteiger partial charge in [-0.3, -0.25) is 9.78 Å². The van der Waals surface area contributed by atoms with Crippen LogP contribution in [0.2, 0.25) is 0 Å². The number of carbonyl (C=O) groups excluding carboxylic acids is 1. The second kappa shape index (κ2) is 6.36. The molecule has 0 saturated heterocycles. The van der Waals surface area contributed by atoms with Crippen molar-refractivity contribution in [3.63, 3.8) is 0 Å². The minimum absolute atomic E-state index is 0.0191. The Bertz CT molecular complexity index is 781. The van der Waals surface area contributed by atoms with Crippen LogP contribution in [0, 0.1) is 11.6 Å². The van der Waals surface area contributed by atoms with Gasteiger partial charge in [-0.2, -0.15) is 0 Å². The first-order valence-electron chi connectivity index (χ1n) is 7.71. The number of rotatable bonds is 4. The molecule has 0 unspecified atom stereocenters. The average Bonchev–Trinajstić information content (AvgIpc) is 2.57. The van der Waals surface area contributed by atoms with Crippen molar-refractivity contribution >= 4 is 5.78 Å². The van der Waals surface area contributed by atoms with Gasteiger partial charge in [0.25, 0.3) is 0 Å². The Hall–Kier alpha value is -2.21. The maximum Gasteiger partial charge on any atom is 0.195 e. The standard InChI is InChI=1S/C18H16F3NO2/c19-12-5-3-11(14(20)10-12)4-6-16(24)18(21)8-7-15(23)17-13(18)2-1-9-22-17/h1-3,5,9-10,15,23H,4,6-8H2/t15-,18-/m0/s1. The molecule has 2 aromatic rings. The molecule has 6 heteroatoms. The number of halogens is 3. The molecule has 0 bridgehead atoms. The van der Waals surface area contributed by atoms with Crippen LogP contribution in [0.4, 0.5) is 13.2 Å². The molecule has 3 nitrogen and oxygen atoms in total. The molecule has 0 amide bonds. The molecule has 2 atom stereocenters. The number of hydrogen-bond acceptors (Lipinski definition) is 3. The molecule has 0 spiro atoms. The fraction of sp³-hybridized carbons (Fsp3) is 0.333. The number of benzene rings is 1. The minimum Gasteiger partial charge on any atom is -0.387 e. The highest BCUT2D eigenvalue weighted by atomic mass is 19.1. The molecule has 1 N–H and O–H groups in total. The lowest BCUT2D eigenvalue weighted by Crippen LogP contribution is -2.37. The number of alkyl halides is 1. The molecule has 126 valence electrons. The topological polar surface area (TPSA) is 50.2 Å². The van der Waals surface area contributed by atoms with Crippen LogP contribution < -0.4 is 0 Å².